The first-order valence-corrected chi connectivity index (χ1v) is 5.88. The lowest BCUT2D eigenvalue weighted by Gasteiger charge is -1.99. The Labute approximate surface area is 110 Å². The molecule has 19 heavy (non-hydrogen) atoms. The van der Waals surface area contributed by atoms with Crippen molar-refractivity contribution >= 4 is 5.69 Å². The summed E-state index contributed by atoms with van der Waals surface area (Å²) in [6.45, 7) is 0. The Balaban J connectivity index is 1.91. The standard InChI is InChI=1S/C13H13N5O/c1-14-10-5-3-9(4-6-10)13-15-12(17-19-13)11-7-8-18(2)16-11/h3-8,14H,1-2H3. The number of aryl methyl sites for hydroxylation is 1. The molecule has 0 aliphatic heterocycles. The molecule has 1 aromatic carbocycles. The first-order chi connectivity index (χ1) is 9.26. The lowest BCUT2D eigenvalue weighted by atomic mass is 10.2. The fourth-order valence-electron chi connectivity index (χ4n) is 1.76. The molecule has 0 amide bonds. The molecule has 6 heteroatoms. The summed E-state index contributed by atoms with van der Waals surface area (Å²) in [7, 11) is 3.72. The molecule has 0 radical (unpaired) electrons. The predicted octanol–water partition coefficient (Wildman–Crippen LogP) is 2.18. The highest BCUT2D eigenvalue weighted by Gasteiger charge is 2.12. The highest BCUT2D eigenvalue weighted by Crippen LogP contribution is 2.22. The molecule has 96 valence electrons. The SMILES string of the molecule is CNc1ccc(-c2nc(-c3ccn(C)n3)no2)cc1. The Bertz CT molecular complexity index is 683. The van der Waals surface area contributed by atoms with E-state index in [1.165, 1.54) is 0 Å². The molecule has 0 aliphatic rings. The van der Waals surface area contributed by atoms with Crippen molar-refractivity contribution in [1.29, 1.82) is 0 Å². The van der Waals surface area contributed by atoms with Crippen LogP contribution in [0.15, 0.2) is 41.1 Å². The molecule has 0 saturated carbocycles. The zero-order chi connectivity index (χ0) is 13.2. The van der Waals surface area contributed by atoms with Crippen molar-refractivity contribution in [1.82, 2.24) is 19.9 Å². The van der Waals surface area contributed by atoms with E-state index in [1.807, 2.05) is 50.6 Å². The van der Waals surface area contributed by atoms with Gasteiger partial charge in [0, 0.05) is 31.5 Å². The van der Waals surface area contributed by atoms with Crippen molar-refractivity contribution in [3.63, 3.8) is 0 Å². The monoisotopic (exact) mass is 255 g/mol. The van der Waals surface area contributed by atoms with Crippen LogP contribution >= 0.6 is 0 Å². The Kier molecular flexibility index (Phi) is 2.75. The van der Waals surface area contributed by atoms with E-state index < -0.39 is 0 Å². The summed E-state index contributed by atoms with van der Waals surface area (Å²) in [5, 5.41) is 11.2. The molecule has 1 N–H and O–H groups in total. The molecule has 0 atom stereocenters. The maximum atomic E-state index is 5.26. The van der Waals surface area contributed by atoms with Gasteiger partial charge < -0.3 is 9.84 Å². The van der Waals surface area contributed by atoms with E-state index in [9.17, 15) is 0 Å². The Morgan fingerprint density at radius 1 is 1.16 bits per heavy atom. The molecule has 0 fully saturated rings. The minimum absolute atomic E-state index is 0.489. The lowest BCUT2D eigenvalue weighted by Crippen LogP contribution is -1.89. The van der Waals surface area contributed by atoms with E-state index in [1.54, 1.807) is 4.68 Å². The fourth-order valence-corrected chi connectivity index (χ4v) is 1.76. The van der Waals surface area contributed by atoms with Gasteiger partial charge in [-0.15, -0.1) is 0 Å². The third kappa shape index (κ3) is 2.20. The van der Waals surface area contributed by atoms with Gasteiger partial charge in [0.2, 0.25) is 5.82 Å². The van der Waals surface area contributed by atoms with Crippen molar-refractivity contribution in [2.45, 2.75) is 0 Å². The number of aromatic nitrogens is 4. The van der Waals surface area contributed by atoms with E-state index in [0.29, 0.717) is 17.4 Å². The number of nitrogens with one attached hydrogen (secondary N) is 1. The van der Waals surface area contributed by atoms with Gasteiger partial charge in [-0.3, -0.25) is 4.68 Å². The predicted molar refractivity (Wildman–Crippen MR) is 71.5 cm³/mol. The summed E-state index contributed by atoms with van der Waals surface area (Å²) in [5.41, 5.74) is 2.62. The molecule has 0 aliphatic carbocycles. The first-order valence-electron chi connectivity index (χ1n) is 5.88. The van der Waals surface area contributed by atoms with Crippen LogP contribution < -0.4 is 5.32 Å². The van der Waals surface area contributed by atoms with Crippen LogP contribution in [-0.2, 0) is 7.05 Å². The average Bonchev–Trinajstić information content (AvgIpc) is 3.07. The second-order valence-corrected chi connectivity index (χ2v) is 4.13. The van der Waals surface area contributed by atoms with Crippen molar-refractivity contribution in [3.8, 4) is 23.0 Å². The van der Waals surface area contributed by atoms with Gasteiger partial charge in [0.15, 0.2) is 0 Å². The van der Waals surface area contributed by atoms with Gasteiger partial charge in [-0.05, 0) is 30.3 Å². The molecule has 3 rings (SSSR count). The lowest BCUT2D eigenvalue weighted by molar-refractivity contribution is 0.432. The van der Waals surface area contributed by atoms with Crippen LogP contribution in [0.4, 0.5) is 5.69 Å². The van der Waals surface area contributed by atoms with Crippen LogP contribution in [0.5, 0.6) is 0 Å². The van der Waals surface area contributed by atoms with Gasteiger partial charge in [-0.1, -0.05) is 5.16 Å². The largest absolute Gasteiger partial charge is 0.388 e. The smallest absolute Gasteiger partial charge is 0.258 e. The highest BCUT2D eigenvalue weighted by molar-refractivity contribution is 5.60. The Hall–Kier alpha value is -2.63. The van der Waals surface area contributed by atoms with E-state index >= 15 is 0 Å². The van der Waals surface area contributed by atoms with E-state index in [-0.39, 0.29) is 0 Å². The average molecular weight is 255 g/mol. The van der Waals surface area contributed by atoms with Gasteiger partial charge in [-0.25, -0.2) is 0 Å². The van der Waals surface area contributed by atoms with Gasteiger partial charge in [-0.2, -0.15) is 10.1 Å². The second-order valence-electron chi connectivity index (χ2n) is 4.13. The molecule has 6 nitrogen and oxygen atoms in total. The minimum Gasteiger partial charge on any atom is -0.388 e. The van der Waals surface area contributed by atoms with Gasteiger partial charge in [0.25, 0.3) is 5.89 Å². The van der Waals surface area contributed by atoms with Gasteiger partial charge in [0.1, 0.15) is 5.69 Å². The summed E-state index contributed by atoms with van der Waals surface area (Å²) in [4.78, 5) is 4.35. The Morgan fingerprint density at radius 2 is 1.95 bits per heavy atom. The topological polar surface area (TPSA) is 68.8 Å². The fraction of sp³-hybridized carbons (Fsp3) is 0.154. The third-order valence-corrected chi connectivity index (χ3v) is 2.79. The number of hydrogen-bond donors (Lipinski definition) is 1. The summed E-state index contributed by atoms with van der Waals surface area (Å²) in [5.74, 6) is 0.983. The molecular weight excluding hydrogens is 242 g/mol. The molecule has 0 saturated heterocycles. The molecule has 2 heterocycles. The number of nitrogens with zero attached hydrogens (tertiary/aromatic N) is 4. The van der Waals surface area contributed by atoms with Crippen LogP contribution in [0.2, 0.25) is 0 Å². The zero-order valence-corrected chi connectivity index (χ0v) is 10.7. The van der Waals surface area contributed by atoms with E-state index in [2.05, 4.69) is 20.6 Å². The van der Waals surface area contributed by atoms with Crippen LogP contribution in [0.1, 0.15) is 0 Å². The van der Waals surface area contributed by atoms with Crippen molar-refractivity contribution < 1.29 is 4.52 Å². The maximum Gasteiger partial charge on any atom is 0.258 e. The zero-order valence-electron chi connectivity index (χ0n) is 10.7. The van der Waals surface area contributed by atoms with Crippen molar-refractivity contribution in [3.05, 3.63) is 36.5 Å². The van der Waals surface area contributed by atoms with E-state index in [0.717, 1.165) is 11.3 Å². The molecule has 0 bridgehead atoms. The summed E-state index contributed by atoms with van der Waals surface area (Å²) < 4.78 is 6.96. The minimum atomic E-state index is 0.489. The number of anilines is 1. The number of rotatable bonds is 3. The van der Waals surface area contributed by atoms with Crippen LogP contribution in [0.25, 0.3) is 23.0 Å². The third-order valence-electron chi connectivity index (χ3n) is 2.79. The van der Waals surface area contributed by atoms with Gasteiger partial charge >= 0.3 is 0 Å². The quantitative estimate of drug-likeness (QED) is 0.776. The van der Waals surface area contributed by atoms with E-state index in [4.69, 9.17) is 4.52 Å². The first kappa shape index (κ1) is 11.5. The Morgan fingerprint density at radius 3 is 2.58 bits per heavy atom. The van der Waals surface area contributed by atoms with Crippen molar-refractivity contribution in [2.24, 2.45) is 7.05 Å². The number of benzene rings is 1. The summed E-state index contributed by atoms with van der Waals surface area (Å²) >= 11 is 0. The summed E-state index contributed by atoms with van der Waals surface area (Å²) in [6, 6.07) is 9.63. The highest BCUT2D eigenvalue weighted by atomic mass is 16.5. The molecule has 0 spiro atoms. The van der Waals surface area contributed by atoms with Crippen molar-refractivity contribution in [2.75, 3.05) is 12.4 Å². The molecular formula is C13H13N5O. The molecule has 3 aromatic rings. The summed E-state index contributed by atoms with van der Waals surface area (Å²) in [6.07, 6.45) is 1.84. The maximum absolute atomic E-state index is 5.26. The van der Waals surface area contributed by atoms with Gasteiger partial charge in [0.05, 0.1) is 0 Å². The van der Waals surface area contributed by atoms with Crippen LogP contribution in [0.3, 0.4) is 0 Å². The molecule has 2 aromatic heterocycles. The normalized spacial score (nSPS) is 10.6. The second kappa shape index (κ2) is 4.56. The molecule has 0 unspecified atom stereocenters. The number of hydrogen-bond acceptors (Lipinski definition) is 5. The van der Waals surface area contributed by atoms with Crippen LogP contribution in [-0.4, -0.2) is 27.0 Å². The van der Waals surface area contributed by atoms with Crippen LogP contribution in [0, 0.1) is 0 Å².